The van der Waals surface area contributed by atoms with Crippen LogP contribution in [-0.4, -0.2) is 36.0 Å². The second-order valence-corrected chi connectivity index (χ2v) is 5.19. The van der Waals surface area contributed by atoms with Crippen LogP contribution < -0.4 is 4.90 Å². The summed E-state index contributed by atoms with van der Waals surface area (Å²) in [6.07, 6.45) is 0. The first kappa shape index (κ1) is 9.36. The molecule has 72 valence electrons. The lowest BCUT2D eigenvalue weighted by Gasteiger charge is -2.32. The molecule has 0 bridgehead atoms. The quantitative estimate of drug-likeness (QED) is 0.771. The molecule has 1 fully saturated rings. The second kappa shape index (κ2) is 3.89. The molecule has 2 rings (SSSR count). The number of anilines is 1. The van der Waals surface area contributed by atoms with Gasteiger partial charge in [-0.25, -0.2) is 0 Å². The van der Waals surface area contributed by atoms with E-state index >= 15 is 0 Å². The number of hydrogen-bond donors (Lipinski definition) is 0. The highest BCUT2D eigenvalue weighted by atomic mass is 79.9. The molecule has 1 atom stereocenters. The largest absolute Gasteiger partial charge is 0.377 e. The van der Waals surface area contributed by atoms with Crippen molar-refractivity contribution < 1.29 is 4.74 Å². The smallest absolute Gasteiger partial charge is 0.209 e. The number of ether oxygens (including phenoxy) is 1. The third-order valence-corrected chi connectivity index (χ3v) is 3.40. The molecule has 0 N–H and O–H groups in total. The molecule has 0 spiro atoms. The van der Waals surface area contributed by atoms with E-state index in [9.17, 15) is 0 Å². The summed E-state index contributed by atoms with van der Waals surface area (Å²) in [4.78, 5) is 2.23. The van der Waals surface area contributed by atoms with E-state index in [0.29, 0.717) is 6.04 Å². The molecule has 1 aromatic heterocycles. The maximum Gasteiger partial charge on any atom is 0.209 e. The Bertz CT molecular complexity index is 293. The number of aromatic nitrogens is 2. The molecule has 0 aromatic carbocycles. The first-order valence-corrected chi connectivity index (χ1v) is 5.71. The van der Waals surface area contributed by atoms with Crippen molar-refractivity contribution in [3.8, 4) is 0 Å². The molecule has 1 aromatic rings. The molecule has 0 radical (unpaired) electrons. The summed E-state index contributed by atoms with van der Waals surface area (Å²) in [5.41, 5.74) is 0. The molecule has 1 aliphatic heterocycles. The first-order chi connectivity index (χ1) is 6.27. The van der Waals surface area contributed by atoms with E-state index in [4.69, 9.17) is 4.74 Å². The summed E-state index contributed by atoms with van der Waals surface area (Å²) in [5, 5.41) is 8.99. The Morgan fingerprint density at radius 1 is 1.62 bits per heavy atom. The summed E-state index contributed by atoms with van der Waals surface area (Å²) in [6, 6.07) is 0.397. The molecular weight excluding hydrogens is 254 g/mol. The number of morpholine rings is 1. The van der Waals surface area contributed by atoms with Crippen molar-refractivity contribution in [1.82, 2.24) is 10.2 Å². The van der Waals surface area contributed by atoms with Crippen LogP contribution >= 0.6 is 27.3 Å². The standard InChI is InChI=1S/C7H10BrN3OS/c1-5-4-12-3-2-11(5)7-10-9-6(8)13-7/h5H,2-4H2,1H3. The van der Waals surface area contributed by atoms with Gasteiger partial charge in [0.25, 0.3) is 0 Å². The summed E-state index contributed by atoms with van der Waals surface area (Å²) in [5.74, 6) is 0. The average molecular weight is 264 g/mol. The minimum atomic E-state index is 0.397. The molecule has 0 amide bonds. The summed E-state index contributed by atoms with van der Waals surface area (Å²) < 4.78 is 6.18. The van der Waals surface area contributed by atoms with Crippen LogP contribution in [0.5, 0.6) is 0 Å². The van der Waals surface area contributed by atoms with E-state index in [2.05, 4.69) is 38.0 Å². The predicted octanol–water partition coefficient (Wildman–Crippen LogP) is 1.53. The van der Waals surface area contributed by atoms with E-state index in [1.165, 1.54) is 0 Å². The van der Waals surface area contributed by atoms with Crippen LogP contribution in [0.15, 0.2) is 3.92 Å². The van der Waals surface area contributed by atoms with Gasteiger partial charge in [-0.15, -0.1) is 10.2 Å². The lowest BCUT2D eigenvalue weighted by Crippen LogP contribution is -2.43. The van der Waals surface area contributed by atoms with Crippen molar-refractivity contribution >= 4 is 32.4 Å². The normalized spacial score (nSPS) is 23.5. The Morgan fingerprint density at radius 2 is 2.46 bits per heavy atom. The van der Waals surface area contributed by atoms with E-state index in [1.54, 1.807) is 11.3 Å². The summed E-state index contributed by atoms with van der Waals surface area (Å²) in [6.45, 7) is 4.59. The zero-order valence-corrected chi connectivity index (χ0v) is 9.64. The van der Waals surface area contributed by atoms with Crippen molar-refractivity contribution in [2.45, 2.75) is 13.0 Å². The van der Waals surface area contributed by atoms with Gasteiger partial charge in [0.15, 0.2) is 3.92 Å². The Hall–Kier alpha value is -0.200. The van der Waals surface area contributed by atoms with Gasteiger partial charge >= 0.3 is 0 Å². The topological polar surface area (TPSA) is 38.2 Å². The summed E-state index contributed by atoms with van der Waals surface area (Å²) in [7, 11) is 0. The van der Waals surface area contributed by atoms with Crippen molar-refractivity contribution in [3.63, 3.8) is 0 Å². The average Bonchev–Trinajstić information content (AvgIpc) is 2.53. The van der Waals surface area contributed by atoms with Crippen molar-refractivity contribution in [2.75, 3.05) is 24.7 Å². The van der Waals surface area contributed by atoms with Crippen LogP contribution in [0.4, 0.5) is 5.13 Å². The Balaban J connectivity index is 2.14. The third kappa shape index (κ3) is 2.00. The third-order valence-electron chi connectivity index (χ3n) is 2.00. The van der Waals surface area contributed by atoms with Gasteiger partial charge in [0.2, 0.25) is 5.13 Å². The molecule has 0 saturated carbocycles. The van der Waals surface area contributed by atoms with Gasteiger partial charge in [-0.05, 0) is 22.9 Å². The fraction of sp³-hybridized carbons (Fsp3) is 0.714. The zero-order valence-electron chi connectivity index (χ0n) is 7.23. The Morgan fingerprint density at radius 3 is 3.08 bits per heavy atom. The van der Waals surface area contributed by atoms with Gasteiger partial charge in [-0.3, -0.25) is 0 Å². The minimum absolute atomic E-state index is 0.397. The second-order valence-electron chi connectivity index (χ2n) is 2.95. The van der Waals surface area contributed by atoms with Crippen LogP contribution in [0.3, 0.4) is 0 Å². The fourth-order valence-electron chi connectivity index (χ4n) is 1.33. The van der Waals surface area contributed by atoms with Gasteiger partial charge in [-0.2, -0.15) is 0 Å². The molecule has 1 unspecified atom stereocenters. The van der Waals surface area contributed by atoms with E-state index < -0.39 is 0 Å². The SMILES string of the molecule is CC1COCCN1c1nnc(Br)s1. The van der Waals surface area contributed by atoms with Crippen LogP contribution in [0.25, 0.3) is 0 Å². The van der Waals surface area contributed by atoms with Crippen LogP contribution in [0.2, 0.25) is 0 Å². The van der Waals surface area contributed by atoms with Crippen LogP contribution in [0, 0.1) is 0 Å². The van der Waals surface area contributed by atoms with Gasteiger partial charge < -0.3 is 9.64 Å². The predicted molar refractivity (Wildman–Crippen MR) is 55.2 cm³/mol. The minimum Gasteiger partial charge on any atom is -0.377 e. The van der Waals surface area contributed by atoms with Gasteiger partial charge in [-0.1, -0.05) is 11.3 Å². The van der Waals surface area contributed by atoms with Crippen molar-refractivity contribution in [3.05, 3.63) is 3.92 Å². The first-order valence-electron chi connectivity index (χ1n) is 4.11. The molecule has 1 saturated heterocycles. The summed E-state index contributed by atoms with van der Waals surface area (Å²) >= 11 is 4.87. The number of rotatable bonds is 1. The molecule has 1 aliphatic rings. The number of hydrogen-bond acceptors (Lipinski definition) is 5. The maximum atomic E-state index is 5.34. The molecular formula is C7H10BrN3OS. The van der Waals surface area contributed by atoms with E-state index in [-0.39, 0.29) is 0 Å². The Kier molecular flexibility index (Phi) is 2.80. The van der Waals surface area contributed by atoms with Gasteiger partial charge in [0.05, 0.1) is 19.3 Å². The maximum absolute atomic E-state index is 5.34. The zero-order chi connectivity index (χ0) is 9.26. The van der Waals surface area contributed by atoms with E-state index in [1.807, 2.05) is 0 Å². The van der Waals surface area contributed by atoms with E-state index in [0.717, 1.165) is 28.8 Å². The molecule has 13 heavy (non-hydrogen) atoms. The van der Waals surface area contributed by atoms with Crippen molar-refractivity contribution in [1.29, 1.82) is 0 Å². The Labute approximate surface area is 89.0 Å². The van der Waals surface area contributed by atoms with Gasteiger partial charge in [0.1, 0.15) is 0 Å². The molecule has 2 heterocycles. The highest BCUT2D eigenvalue weighted by molar-refractivity contribution is 9.11. The lowest BCUT2D eigenvalue weighted by molar-refractivity contribution is 0.0988. The number of nitrogens with zero attached hydrogens (tertiary/aromatic N) is 3. The monoisotopic (exact) mass is 263 g/mol. The van der Waals surface area contributed by atoms with Gasteiger partial charge in [0, 0.05) is 6.54 Å². The lowest BCUT2D eigenvalue weighted by atomic mass is 10.3. The highest BCUT2D eigenvalue weighted by Gasteiger charge is 2.21. The number of halogens is 1. The molecule has 6 heteroatoms. The van der Waals surface area contributed by atoms with Crippen LogP contribution in [-0.2, 0) is 4.74 Å². The fourth-order valence-corrected chi connectivity index (χ4v) is 2.54. The molecule has 4 nitrogen and oxygen atoms in total. The van der Waals surface area contributed by atoms with Crippen molar-refractivity contribution in [2.24, 2.45) is 0 Å². The van der Waals surface area contributed by atoms with Crippen LogP contribution in [0.1, 0.15) is 6.92 Å². The highest BCUT2D eigenvalue weighted by Crippen LogP contribution is 2.26. The molecule has 0 aliphatic carbocycles.